The number of carbonyl (C=O) groups is 1. The van der Waals surface area contributed by atoms with Crippen LogP contribution in [0.5, 0.6) is 0 Å². The molecular formula is C14H14F6N2O. The SMILES string of the molecule is NC1CCCN(C(=O)c2cc(C(F)(F)F)cc(C(F)(F)F)c2)C1. The van der Waals surface area contributed by atoms with E-state index in [0.29, 0.717) is 25.0 Å². The molecule has 1 aromatic rings. The molecule has 1 unspecified atom stereocenters. The van der Waals surface area contributed by atoms with Crippen LogP contribution in [0.2, 0.25) is 0 Å². The van der Waals surface area contributed by atoms with E-state index >= 15 is 0 Å². The Bertz CT molecular complexity index is 564. The average molecular weight is 340 g/mol. The van der Waals surface area contributed by atoms with E-state index in [9.17, 15) is 31.1 Å². The summed E-state index contributed by atoms with van der Waals surface area (Å²) in [7, 11) is 0. The first-order valence-corrected chi connectivity index (χ1v) is 6.83. The number of rotatable bonds is 1. The molecule has 0 aliphatic carbocycles. The zero-order valence-electron chi connectivity index (χ0n) is 11.8. The van der Waals surface area contributed by atoms with Crippen LogP contribution in [0, 0.1) is 0 Å². The molecule has 1 amide bonds. The first-order chi connectivity index (χ1) is 10.5. The molecule has 2 rings (SSSR count). The van der Waals surface area contributed by atoms with Crippen LogP contribution in [0.3, 0.4) is 0 Å². The van der Waals surface area contributed by atoms with Crippen LogP contribution in [0.4, 0.5) is 26.3 Å². The van der Waals surface area contributed by atoms with Crippen LogP contribution >= 0.6 is 0 Å². The second kappa shape index (κ2) is 6.03. The van der Waals surface area contributed by atoms with Crippen LogP contribution in [0.15, 0.2) is 18.2 Å². The Labute approximate surface area is 128 Å². The minimum absolute atomic E-state index is 0.00127. The quantitative estimate of drug-likeness (QED) is 0.798. The number of piperidine rings is 1. The summed E-state index contributed by atoms with van der Waals surface area (Å²) in [5.41, 5.74) is 2.04. The maximum absolute atomic E-state index is 12.8. The summed E-state index contributed by atoms with van der Waals surface area (Å²) in [4.78, 5) is 13.4. The number of alkyl halides is 6. The highest BCUT2D eigenvalue weighted by Gasteiger charge is 2.38. The molecule has 1 aliphatic heterocycles. The number of carbonyl (C=O) groups excluding carboxylic acids is 1. The van der Waals surface area contributed by atoms with Gasteiger partial charge >= 0.3 is 12.4 Å². The van der Waals surface area contributed by atoms with E-state index in [4.69, 9.17) is 5.73 Å². The summed E-state index contributed by atoms with van der Waals surface area (Å²) in [6.07, 6.45) is -8.75. The first kappa shape index (κ1) is 17.6. The summed E-state index contributed by atoms with van der Waals surface area (Å²) < 4.78 is 76.7. The fourth-order valence-electron chi connectivity index (χ4n) is 2.46. The molecule has 0 saturated carbocycles. The minimum Gasteiger partial charge on any atom is -0.337 e. The van der Waals surface area contributed by atoms with Gasteiger partial charge in [0, 0.05) is 24.7 Å². The monoisotopic (exact) mass is 340 g/mol. The van der Waals surface area contributed by atoms with E-state index in [0.717, 1.165) is 0 Å². The number of amides is 1. The number of hydrogen-bond acceptors (Lipinski definition) is 2. The highest BCUT2D eigenvalue weighted by molar-refractivity contribution is 5.94. The van der Waals surface area contributed by atoms with Crippen LogP contribution in [-0.4, -0.2) is 29.9 Å². The Kier molecular flexibility index (Phi) is 4.61. The van der Waals surface area contributed by atoms with E-state index in [-0.39, 0.29) is 25.2 Å². The van der Waals surface area contributed by atoms with Gasteiger partial charge in [-0.2, -0.15) is 26.3 Å². The fourth-order valence-corrected chi connectivity index (χ4v) is 2.46. The molecule has 1 aliphatic rings. The number of benzene rings is 1. The van der Waals surface area contributed by atoms with Gasteiger partial charge in [0.1, 0.15) is 0 Å². The summed E-state index contributed by atoms with van der Waals surface area (Å²) >= 11 is 0. The van der Waals surface area contributed by atoms with Gasteiger partial charge in [-0.25, -0.2) is 0 Å². The third-order valence-electron chi connectivity index (χ3n) is 3.58. The average Bonchev–Trinajstić information content (AvgIpc) is 2.44. The van der Waals surface area contributed by atoms with Crippen molar-refractivity contribution in [3.05, 3.63) is 34.9 Å². The highest BCUT2D eigenvalue weighted by Crippen LogP contribution is 2.36. The molecular weight excluding hydrogens is 326 g/mol. The lowest BCUT2D eigenvalue weighted by molar-refractivity contribution is -0.143. The zero-order chi connectivity index (χ0) is 17.4. The third kappa shape index (κ3) is 4.15. The predicted molar refractivity (Wildman–Crippen MR) is 69.6 cm³/mol. The zero-order valence-corrected chi connectivity index (χ0v) is 11.8. The minimum atomic E-state index is -4.98. The predicted octanol–water partition coefficient (Wildman–Crippen LogP) is 3.29. The number of nitrogens with zero attached hydrogens (tertiary/aromatic N) is 1. The van der Waals surface area contributed by atoms with Crippen molar-refractivity contribution in [1.29, 1.82) is 0 Å². The summed E-state index contributed by atoms with van der Waals surface area (Å²) in [5, 5.41) is 0. The molecule has 1 heterocycles. The molecule has 23 heavy (non-hydrogen) atoms. The van der Waals surface area contributed by atoms with Crippen LogP contribution in [0.25, 0.3) is 0 Å². The van der Waals surface area contributed by atoms with E-state index in [2.05, 4.69) is 0 Å². The Morgan fingerprint density at radius 3 is 2.00 bits per heavy atom. The Hall–Kier alpha value is -1.77. The molecule has 0 spiro atoms. The lowest BCUT2D eigenvalue weighted by Gasteiger charge is -2.31. The second-order valence-electron chi connectivity index (χ2n) is 5.45. The standard InChI is InChI=1S/C14H14F6N2O/c15-13(16,17)9-4-8(5-10(6-9)14(18,19)20)12(23)22-3-1-2-11(21)7-22/h4-6,11H,1-3,7,21H2. The second-order valence-corrected chi connectivity index (χ2v) is 5.45. The number of likely N-dealkylation sites (tertiary alicyclic amines) is 1. The van der Waals surface area contributed by atoms with Crippen LogP contribution < -0.4 is 5.73 Å². The molecule has 0 aromatic heterocycles. The van der Waals surface area contributed by atoms with Crippen molar-refractivity contribution >= 4 is 5.91 Å². The highest BCUT2D eigenvalue weighted by atomic mass is 19.4. The van der Waals surface area contributed by atoms with Gasteiger partial charge in [0.2, 0.25) is 0 Å². The molecule has 1 aromatic carbocycles. The van der Waals surface area contributed by atoms with Crippen molar-refractivity contribution in [1.82, 2.24) is 4.90 Å². The first-order valence-electron chi connectivity index (χ1n) is 6.83. The molecule has 0 bridgehead atoms. The summed E-state index contributed by atoms with van der Waals surface area (Å²) in [6, 6.07) is 0.550. The van der Waals surface area contributed by atoms with Crippen molar-refractivity contribution in [2.24, 2.45) is 5.73 Å². The largest absolute Gasteiger partial charge is 0.416 e. The van der Waals surface area contributed by atoms with Gasteiger partial charge in [-0.3, -0.25) is 4.79 Å². The lowest BCUT2D eigenvalue weighted by atomic mass is 10.0. The van der Waals surface area contributed by atoms with Gasteiger partial charge < -0.3 is 10.6 Å². The van der Waals surface area contributed by atoms with E-state index in [1.54, 1.807) is 0 Å². The molecule has 0 radical (unpaired) electrons. The summed E-state index contributed by atoms with van der Waals surface area (Å²) in [6.45, 7) is 0.362. The van der Waals surface area contributed by atoms with Gasteiger partial charge in [-0.15, -0.1) is 0 Å². The third-order valence-corrected chi connectivity index (χ3v) is 3.58. The lowest BCUT2D eigenvalue weighted by Crippen LogP contribution is -2.45. The van der Waals surface area contributed by atoms with Crippen molar-refractivity contribution in [3.8, 4) is 0 Å². The van der Waals surface area contributed by atoms with Gasteiger partial charge in [0.05, 0.1) is 11.1 Å². The normalized spacial score (nSPS) is 19.8. The Morgan fingerprint density at radius 1 is 1.04 bits per heavy atom. The molecule has 128 valence electrons. The maximum Gasteiger partial charge on any atom is 0.416 e. The smallest absolute Gasteiger partial charge is 0.337 e. The molecule has 2 N–H and O–H groups in total. The molecule has 3 nitrogen and oxygen atoms in total. The van der Waals surface area contributed by atoms with Gasteiger partial charge in [-0.1, -0.05) is 0 Å². The molecule has 1 atom stereocenters. The van der Waals surface area contributed by atoms with E-state index < -0.39 is 35.0 Å². The molecule has 1 fully saturated rings. The van der Waals surface area contributed by atoms with E-state index in [1.807, 2.05) is 0 Å². The molecule has 1 saturated heterocycles. The van der Waals surface area contributed by atoms with Gasteiger partial charge in [0.15, 0.2) is 0 Å². The van der Waals surface area contributed by atoms with Crippen molar-refractivity contribution in [2.45, 2.75) is 31.2 Å². The number of nitrogens with two attached hydrogens (primary N) is 1. The van der Waals surface area contributed by atoms with Gasteiger partial charge in [-0.05, 0) is 31.0 Å². The Morgan fingerprint density at radius 2 is 1.57 bits per heavy atom. The topological polar surface area (TPSA) is 46.3 Å². The van der Waals surface area contributed by atoms with Crippen molar-refractivity contribution in [3.63, 3.8) is 0 Å². The number of hydrogen-bond donors (Lipinski definition) is 1. The van der Waals surface area contributed by atoms with E-state index in [1.165, 1.54) is 4.90 Å². The molecule has 9 heteroatoms. The fraction of sp³-hybridized carbons (Fsp3) is 0.500. The van der Waals surface area contributed by atoms with Crippen LogP contribution in [0.1, 0.15) is 34.3 Å². The van der Waals surface area contributed by atoms with Gasteiger partial charge in [0.25, 0.3) is 5.91 Å². The van der Waals surface area contributed by atoms with Crippen LogP contribution in [-0.2, 0) is 12.4 Å². The summed E-state index contributed by atoms with van der Waals surface area (Å²) in [5.74, 6) is -0.878. The maximum atomic E-state index is 12.8. The van der Waals surface area contributed by atoms with Crippen molar-refractivity contribution in [2.75, 3.05) is 13.1 Å². The Balaban J connectivity index is 2.42. The number of halogens is 6. The van der Waals surface area contributed by atoms with Crippen molar-refractivity contribution < 1.29 is 31.1 Å².